The van der Waals surface area contributed by atoms with Crippen molar-refractivity contribution in [3.63, 3.8) is 0 Å². The van der Waals surface area contributed by atoms with Crippen molar-refractivity contribution in [1.29, 1.82) is 0 Å². The van der Waals surface area contributed by atoms with E-state index >= 15 is 0 Å². The van der Waals surface area contributed by atoms with Gasteiger partial charge >= 0.3 is 6.18 Å². The summed E-state index contributed by atoms with van der Waals surface area (Å²) in [5.74, 6) is -1.24. The summed E-state index contributed by atoms with van der Waals surface area (Å²) in [7, 11) is 0. The molecule has 1 aliphatic rings. The van der Waals surface area contributed by atoms with Crippen LogP contribution in [-0.4, -0.2) is 19.3 Å². The largest absolute Gasteiger partial charge is 0.419 e. The Kier molecular flexibility index (Phi) is 5.22. The van der Waals surface area contributed by atoms with Crippen molar-refractivity contribution in [3.05, 3.63) is 35.1 Å². The highest BCUT2D eigenvalue weighted by Gasteiger charge is 2.35. The van der Waals surface area contributed by atoms with Gasteiger partial charge in [-0.2, -0.15) is 13.2 Å². The Balaban J connectivity index is 2.22. The third kappa shape index (κ3) is 4.17. The van der Waals surface area contributed by atoms with E-state index in [0.717, 1.165) is 25.0 Å². The van der Waals surface area contributed by atoms with Crippen molar-refractivity contribution in [2.75, 3.05) is 13.2 Å². The minimum absolute atomic E-state index is 0.0495. The van der Waals surface area contributed by atoms with Crippen LogP contribution in [0.3, 0.4) is 0 Å². The first kappa shape index (κ1) is 16.2. The molecular formula is C15H19F4NO. The molecule has 0 bridgehead atoms. The van der Waals surface area contributed by atoms with Crippen molar-refractivity contribution in [2.24, 2.45) is 0 Å². The molecule has 0 saturated carbocycles. The van der Waals surface area contributed by atoms with E-state index in [1.807, 2.05) is 6.92 Å². The second-order valence-electron chi connectivity index (χ2n) is 5.22. The molecule has 1 aromatic rings. The van der Waals surface area contributed by atoms with Gasteiger partial charge in [-0.25, -0.2) is 4.39 Å². The monoisotopic (exact) mass is 305 g/mol. The predicted octanol–water partition coefficient (Wildman–Crippen LogP) is 4.06. The van der Waals surface area contributed by atoms with Crippen molar-refractivity contribution < 1.29 is 22.3 Å². The molecule has 0 spiro atoms. The zero-order valence-electron chi connectivity index (χ0n) is 11.8. The average Bonchev–Trinajstić information content (AvgIpc) is 2.90. The fraction of sp³-hybridized carbons (Fsp3) is 0.600. The molecule has 0 aromatic heterocycles. The molecule has 1 aliphatic heterocycles. The van der Waals surface area contributed by atoms with Crippen LogP contribution in [0.2, 0.25) is 0 Å². The first-order valence-electron chi connectivity index (χ1n) is 7.13. The van der Waals surface area contributed by atoms with Crippen LogP contribution in [0, 0.1) is 5.82 Å². The number of hydrogen-bond donors (Lipinski definition) is 1. The fourth-order valence-electron chi connectivity index (χ4n) is 2.65. The molecule has 2 unspecified atom stereocenters. The van der Waals surface area contributed by atoms with Crippen LogP contribution in [0.1, 0.15) is 43.4 Å². The molecule has 0 aliphatic carbocycles. The summed E-state index contributed by atoms with van der Waals surface area (Å²) in [6, 6.07) is 2.93. The first-order valence-corrected chi connectivity index (χ1v) is 7.13. The maximum atomic E-state index is 13.4. The van der Waals surface area contributed by atoms with Crippen molar-refractivity contribution >= 4 is 0 Å². The zero-order chi connectivity index (χ0) is 15.5. The van der Waals surface area contributed by atoms with Crippen LogP contribution in [0.4, 0.5) is 17.6 Å². The standard InChI is InChI=1S/C15H19F4NO/c1-2-20-14(9-11-4-3-7-21-11)10-5-6-13(16)12(8-10)15(17,18)19/h5-6,8,11,14,20H,2-4,7,9H2,1H3. The molecule has 6 heteroatoms. The Bertz CT molecular complexity index is 469. The maximum absolute atomic E-state index is 13.4. The lowest BCUT2D eigenvalue weighted by Crippen LogP contribution is -2.25. The Hall–Kier alpha value is -1.14. The van der Waals surface area contributed by atoms with Crippen LogP contribution >= 0.6 is 0 Å². The van der Waals surface area contributed by atoms with Gasteiger partial charge in [0.1, 0.15) is 5.82 Å². The summed E-state index contributed by atoms with van der Waals surface area (Å²) >= 11 is 0. The Morgan fingerprint density at radius 1 is 1.38 bits per heavy atom. The van der Waals surface area contributed by atoms with Gasteiger partial charge in [0.2, 0.25) is 0 Å². The minimum atomic E-state index is -4.68. The predicted molar refractivity (Wildman–Crippen MR) is 71.4 cm³/mol. The summed E-state index contributed by atoms with van der Waals surface area (Å²) in [6.07, 6.45) is -2.15. The van der Waals surface area contributed by atoms with E-state index in [1.165, 1.54) is 6.07 Å². The molecule has 0 amide bonds. The maximum Gasteiger partial charge on any atom is 0.419 e. The molecule has 2 rings (SSSR count). The van der Waals surface area contributed by atoms with Gasteiger partial charge in [0.25, 0.3) is 0 Å². The van der Waals surface area contributed by atoms with Gasteiger partial charge in [0.05, 0.1) is 11.7 Å². The number of nitrogens with one attached hydrogen (secondary N) is 1. The molecule has 1 fully saturated rings. The number of rotatable bonds is 5. The van der Waals surface area contributed by atoms with Crippen LogP contribution in [-0.2, 0) is 10.9 Å². The Labute approximate surface area is 121 Å². The van der Waals surface area contributed by atoms with Gasteiger partial charge in [-0.15, -0.1) is 0 Å². The number of hydrogen-bond acceptors (Lipinski definition) is 2. The third-order valence-corrected chi connectivity index (χ3v) is 3.67. The summed E-state index contributed by atoms with van der Waals surface area (Å²) < 4.78 is 57.3. The highest BCUT2D eigenvalue weighted by molar-refractivity contribution is 5.29. The molecule has 2 nitrogen and oxygen atoms in total. The van der Waals surface area contributed by atoms with E-state index in [-0.39, 0.29) is 12.1 Å². The van der Waals surface area contributed by atoms with Crippen LogP contribution < -0.4 is 5.32 Å². The van der Waals surface area contributed by atoms with Crippen LogP contribution in [0.15, 0.2) is 18.2 Å². The van der Waals surface area contributed by atoms with E-state index in [1.54, 1.807) is 0 Å². The third-order valence-electron chi connectivity index (χ3n) is 3.67. The number of benzene rings is 1. The summed E-state index contributed by atoms with van der Waals surface area (Å²) in [5.41, 5.74) is -0.767. The Morgan fingerprint density at radius 3 is 2.71 bits per heavy atom. The number of ether oxygens (including phenoxy) is 1. The quantitative estimate of drug-likeness (QED) is 0.828. The normalized spacial score (nSPS) is 20.7. The summed E-state index contributed by atoms with van der Waals surface area (Å²) in [4.78, 5) is 0. The van der Waals surface area contributed by atoms with Gasteiger partial charge in [-0.1, -0.05) is 13.0 Å². The SMILES string of the molecule is CCNC(CC1CCCO1)c1ccc(F)c(C(F)(F)F)c1. The average molecular weight is 305 g/mol. The van der Waals surface area contributed by atoms with Gasteiger partial charge in [-0.3, -0.25) is 0 Å². The summed E-state index contributed by atoms with van der Waals surface area (Å²) in [5, 5.41) is 3.15. The second-order valence-corrected chi connectivity index (χ2v) is 5.22. The lowest BCUT2D eigenvalue weighted by molar-refractivity contribution is -0.140. The fourth-order valence-corrected chi connectivity index (χ4v) is 2.65. The van der Waals surface area contributed by atoms with Crippen molar-refractivity contribution in [2.45, 2.75) is 44.5 Å². The first-order chi connectivity index (χ1) is 9.91. The molecule has 1 N–H and O–H groups in total. The van der Waals surface area contributed by atoms with Gasteiger partial charge in [0, 0.05) is 12.6 Å². The van der Waals surface area contributed by atoms with E-state index in [0.29, 0.717) is 25.1 Å². The summed E-state index contributed by atoms with van der Waals surface area (Å²) in [6.45, 7) is 3.20. The van der Waals surface area contributed by atoms with E-state index in [4.69, 9.17) is 4.74 Å². The van der Waals surface area contributed by atoms with Gasteiger partial charge in [0.15, 0.2) is 0 Å². The molecule has 21 heavy (non-hydrogen) atoms. The molecule has 1 saturated heterocycles. The zero-order valence-corrected chi connectivity index (χ0v) is 11.8. The number of halogens is 4. The molecule has 1 aromatic carbocycles. The number of alkyl halides is 3. The molecule has 1 heterocycles. The molecule has 118 valence electrons. The van der Waals surface area contributed by atoms with E-state index in [2.05, 4.69) is 5.32 Å². The highest BCUT2D eigenvalue weighted by atomic mass is 19.4. The smallest absolute Gasteiger partial charge is 0.378 e. The van der Waals surface area contributed by atoms with E-state index in [9.17, 15) is 17.6 Å². The molecule has 2 atom stereocenters. The van der Waals surface area contributed by atoms with Crippen molar-refractivity contribution in [3.8, 4) is 0 Å². The lowest BCUT2D eigenvalue weighted by Gasteiger charge is -2.22. The van der Waals surface area contributed by atoms with E-state index < -0.39 is 17.6 Å². The molecular weight excluding hydrogens is 286 g/mol. The minimum Gasteiger partial charge on any atom is -0.378 e. The van der Waals surface area contributed by atoms with Crippen LogP contribution in [0.5, 0.6) is 0 Å². The van der Waals surface area contributed by atoms with Crippen molar-refractivity contribution in [1.82, 2.24) is 5.32 Å². The van der Waals surface area contributed by atoms with Gasteiger partial charge in [-0.05, 0) is 43.5 Å². The van der Waals surface area contributed by atoms with Gasteiger partial charge < -0.3 is 10.1 Å². The topological polar surface area (TPSA) is 21.3 Å². The lowest BCUT2D eigenvalue weighted by atomic mass is 9.97. The Morgan fingerprint density at radius 2 is 2.14 bits per heavy atom. The second kappa shape index (κ2) is 6.75. The highest BCUT2D eigenvalue weighted by Crippen LogP contribution is 2.34. The van der Waals surface area contributed by atoms with Crippen LogP contribution in [0.25, 0.3) is 0 Å². The molecule has 0 radical (unpaired) electrons.